The Balaban J connectivity index is 1.15. The van der Waals surface area contributed by atoms with Crippen molar-refractivity contribution in [2.45, 2.75) is 43.9 Å². The van der Waals surface area contributed by atoms with Gasteiger partial charge in [0.2, 0.25) is 0 Å². The Bertz CT molecular complexity index is 1160. The summed E-state index contributed by atoms with van der Waals surface area (Å²) in [6.45, 7) is 7.07. The van der Waals surface area contributed by atoms with Crippen LogP contribution < -0.4 is 4.90 Å². The summed E-state index contributed by atoms with van der Waals surface area (Å²) in [5.74, 6) is 0.934. The van der Waals surface area contributed by atoms with E-state index in [1.807, 2.05) is 17.1 Å². The number of piperazine rings is 1. The lowest BCUT2D eigenvalue weighted by atomic mass is 9.50. The highest BCUT2D eigenvalue weighted by Gasteiger charge is 2.58. The lowest BCUT2D eigenvalue weighted by molar-refractivity contribution is -0.0977. The van der Waals surface area contributed by atoms with E-state index >= 15 is 0 Å². The highest BCUT2D eigenvalue weighted by molar-refractivity contribution is 5.85. The third kappa shape index (κ3) is 2.72. The van der Waals surface area contributed by atoms with Gasteiger partial charge in [-0.1, -0.05) is 0 Å². The minimum atomic E-state index is -0.361. The van der Waals surface area contributed by atoms with Crippen LogP contribution in [0.15, 0.2) is 30.7 Å². The summed E-state index contributed by atoms with van der Waals surface area (Å²) in [5.41, 5.74) is 5.02. The molecule has 1 aromatic carbocycles. The number of aliphatic hydroxyl groups is 1. The molecule has 2 saturated heterocycles. The van der Waals surface area contributed by atoms with E-state index in [-0.39, 0.29) is 12.1 Å². The number of benzene rings is 1. The standard InChI is InChI=1S/C24H30N6O2/c1-16-6-18-11-26-30(19-12-25-29(13-19)24-8-17(9-24)10-24)21(18)7-20(16)27-2-4-28(5-3-27)22-14-32-15-23(22)31/h6-7,11-13,17,22-23,31H,2-5,8-10,14-15H2,1H3/t17?,22-,23+,24?/m1/s1. The fourth-order valence-corrected chi connectivity index (χ4v) is 6.29. The average molecular weight is 435 g/mol. The number of ether oxygens (including phenoxy) is 1. The molecule has 8 heteroatoms. The van der Waals surface area contributed by atoms with Gasteiger partial charge in [-0.2, -0.15) is 10.2 Å². The zero-order valence-corrected chi connectivity index (χ0v) is 18.5. The van der Waals surface area contributed by atoms with Crippen LogP contribution in [0.1, 0.15) is 24.8 Å². The van der Waals surface area contributed by atoms with Gasteiger partial charge in [0.1, 0.15) is 5.69 Å². The normalized spacial score (nSPS) is 32.3. The summed E-state index contributed by atoms with van der Waals surface area (Å²) >= 11 is 0. The van der Waals surface area contributed by atoms with Crippen molar-refractivity contribution in [2.75, 3.05) is 44.3 Å². The molecule has 0 spiro atoms. The topological polar surface area (TPSA) is 71.6 Å². The predicted octanol–water partition coefficient (Wildman–Crippen LogP) is 1.92. The summed E-state index contributed by atoms with van der Waals surface area (Å²) in [6, 6.07) is 4.68. The van der Waals surface area contributed by atoms with E-state index in [0.717, 1.165) is 48.7 Å². The smallest absolute Gasteiger partial charge is 0.103 e. The van der Waals surface area contributed by atoms with Crippen molar-refractivity contribution < 1.29 is 9.84 Å². The molecule has 3 aromatic rings. The Morgan fingerprint density at radius 3 is 2.53 bits per heavy atom. The largest absolute Gasteiger partial charge is 0.389 e. The van der Waals surface area contributed by atoms with Gasteiger partial charge in [-0.25, -0.2) is 4.68 Å². The molecule has 1 N–H and O–H groups in total. The molecule has 3 saturated carbocycles. The molecule has 0 radical (unpaired) electrons. The highest BCUT2D eigenvalue weighted by Crippen LogP contribution is 2.62. The van der Waals surface area contributed by atoms with Gasteiger partial charge in [0.15, 0.2) is 0 Å². The Morgan fingerprint density at radius 1 is 1.03 bits per heavy atom. The molecule has 2 atom stereocenters. The van der Waals surface area contributed by atoms with Crippen molar-refractivity contribution in [3.63, 3.8) is 0 Å². The number of nitrogens with zero attached hydrogens (tertiary/aromatic N) is 6. The van der Waals surface area contributed by atoms with E-state index < -0.39 is 0 Å². The molecule has 8 rings (SSSR count). The van der Waals surface area contributed by atoms with Crippen molar-refractivity contribution in [1.82, 2.24) is 24.5 Å². The van der Waals surface area contributed by atoms with Crippen LogP contribution in [-0.4, -0.2) is 81.1 Å². The van der Waals surface area contributed by atoms with Crippen molar-refractivity contribution in [3.8, 4) is 5.69 Å². The first-order valence-electron chi connectivity index (χ1n) is 11.9. The van der Waals surface area contributed by atoms with E-state index in [1.54, 1.807) is 0 Å². The first-order valence-corrected chi connectivity index (χ1v) is 11.9. The molecule has 8 nitrogen and oxygen atoms in total. The van der Waals surface area contributed by atoms with E-state index in [2.05, 4.69) is 39.7 Å². The van der Waals surface area contributed by atoms with Crippen LogP contribution in [0.3, 0.4) is 0 Å². The monoisotopic (exact) mass is 434 g/mol. The van der Waals surface area contributed by atoms with Crippen molar-refractivity contribution in [1.29, 1.82) is 0 Å². The summed E-state index contributed by atoms with van der Waals surface area (Å²) in [4.78, 5) is 4.85. The number of aromatic nitrogens is 4. The van der Waals surface area contributed by atoms with Gasteiger partial charge >= 0.3 is 0 Å². The molecule has 3 aliphatic carbocycles. The van der Waals surface area contributed by atoms with Crippen LogP contribution in [0.25, 0.3) is 16.6 Å². The summed E-state index contributed by atoms with van der Waals surface area (Å²) < 4.78 is 9.69. The number of anilines is 1. The van der Waals surface area contributed by atoms with Crippen molar-refractivity contribution in [3.05, 3.63) is 36.3 Å². The Kier molecular flexibility index (Phi) is 4.05. The molecule has 2 aliphatic heterocycles. The Hall–Kier alpha value is -2.42. The van der Waals surface area contributed by atoms with Crippen LogP contribution >= 0.6 is 0 Å². The molecule has 5 fully saturated rings. The maximum atomic E-state index is 10.2. The van der Waals surface area contributed by atoms with Gasteiger partial charge in [0.25, 0.3) is 0 Å². The van der Waals surface area contributed by atoms with Crippen LogP contribution in [0.4, 0.5) is 5.69 Å². The fourth-order valence-electron chi connectivity index (χ4n) is 6.29. The van der Waals surface area contributed by atoms with Gasteiger partial charge in [0, 0.05) is 37.3 Å². The molecule has 32 heavy (non-hydrogen) atoms. The zero-order chi connectivity index (χ0) is 21.4. The van der Waals surface area contributed by atoms with Gasteiger partial charge in [-0.15, -0.1) is 0 Å². The van der Waals surface area contributed by atoms with Gasteiger partial charge < -0.3 is 14.7 Å². The van der Waals surface area contributed by atoms with E-state index in [4.69, 9.17) is 14.9 Å². The number of hydrogen-bond donors (Lipinski definition) is 1. The molecular weight excluding hydrogens is 404 g/mol. The lowest BCUT2D eigenvalue weighted by Gasteiger charge is -2.61. The molecule has 4 heterocycles. The van der Waals surface area contributed by atoms with Crippen LogP contribution in [0, 0.1) is 12.8 Å². The van der Waals surface area contributed by atoms with Gasteiger partial charge in [-0.05, 0) is 49.8 Å². The van der Waals surface area contributed by atoms with Gasteiger partial charge in [0.05, 0.1) is 55.0 Å². The molecule has 168 valence electrons. The second-order valence-corrected chi connectivity index (χ2v) is 10.3. The number of hydrogen-bond acceptors (Lipinski definition) is 6. The second-order valence-electron chi connectivity index (χ2n) is 10.3. The number of aliphatic hydroxyl groups excluding tert-OH is 1. The SMILES string of the molecule is Cc1cc2cnn(-c3cnn(C45CC(C4)C5)c3)c2cc1N1CCN([C@@H]2COC[C@@H]2O)CC1. The van der Waals surface area contributed by atoms with Crippen LogP contribution in [0.5, 0.6) is 0 Å². The minimum absolute atomic E-state index is 0.139. The first kappa shape index (κ1) is 19.1. The fraction of sp³-hybridized carbons (Fsp3) is 0.583. The Labute approximate surface area is 187 Å². The van der Waals surface area contributed by atoms with Gasteiger partial charge in [-0.3, -0.25) is 9.58 Å². The molecule has 0 amide bonds. The number of aryl methyl sites for hydroxylation is 1. The maximum absolute atomic E-state index is 10.2. The molecule has 5 aliphatic rings. The predicted molar refractivity (Wildman–Crippen MR) is 121 cm³/mol. The summed E-state index contributed by atoms with van der Waals surface area (Å²) in [6.07, 6.45) is 9.59. The third-order valence-electron chi connectivity index (χ3n) is 8.34. The van der Waals surface area contributed by atoms with E-state index in [1.165, 1.54) is 30.5 Å². The lowest BCUT2D eigenvalue weighted by Crippen LogP contribution is -2.59. The summed E-state index contributed by atoms with van der Waals surface area (Å²) in [7, 11) is 0. The second kappa shape index (κ2) is 6.79. The minimum Gasteiger partial charge on any atom is -0.389 e. The van der Waals surface area contributed by atoms with Crippen molar-refractivity contribution >= 4 is 16.6 Å². The average Bonchev–Trinajstić information content (AvgIpc) is 3.45. The first-order chi connectivity index (χ1) is 15.6. The molecular formula is C24H30N6O2. The zero-order valence-electron chi connectivity index (χ0n) is 18.5. The molecule has 0 unspecified atom stereocenters. The third-order valence-corrected chi connectivity index (χ3v) is 8.34. The van der Waals surface area contributed by atoms with E-state index in [0.29, 0.717) is 18.8 Å². The number of rotatable bonds is 4. The highest BCUT2D eigenvalue weighted by atomic mass is 16.5. The maximum Gasteiger partial charge on any atom is 0.103 e. The molecule has 2 bridgehead atoms. The van der Waals surface area contributed by atoms with Crippen molar-refractivity contribution in [2.24, 2.45) is 5.92 Å². The molecule has 2 aromatic heterocycles. The van der Waals surface area contributed by atoms with E-state index in [9.17, 15) is 5.11 Å². The quantitative estimate of drug-likeness (QED) is 0.677. The van der Waals surface area contributed by atoms with Crippen LogP contribution in [-0.2, 0) is 10.3 Å². The summed E-state index contributed by atoms with van der Waals surface area (Å²) in [5, 5.41) is 20.8. The van der Waals surface area contributed by atoms with Crippen LogP contribution in [0.2, 0.25) is 0 Å². The number of fused-ring (bicyclic) bond motifs is 1. The Morgan fingerprint density at radius 2 is 1.84 bits per heavy atom.